The van der Waals surface area contributed by atoms with Crippen molar-refractivity contribution in [3.63, 3.8) is 0 Å². The van der Waals surface area contributed by atoms with Gasteiger partial charge < -0.3 is 14.6 Å². The zero-order chi connectivity index (χ0) is 15.1. The second-order valence-electron chi connectivity index (χ2n) is 4.55. The molecule has 0 radical (unpaired) electrons. The van der Waals surface area contributed by atoms with E-state index in [1.54, 1.807) is 18.6 Å². The molecular weight excluding hydrogens is 272 g/mol. The minimum absolute atomic E-state index is 0.0220. The fourth-order valence-electron chi connectivity index (χ4n) is 1.84. The molecule has 0 aliphatic carbocycles. The lowest BCUT2D eigenvalue weighted by Crippen LogP contribution is -2.09. The summed E-state index contributed by atoms with van der Waals surface area (Å²) >= 11 is 0. The Morgan fingerprint density at radius 2 is 2.29 bits per heavy atom. The van der Waals surface area contributed by atoms with Crippen LogP contribution in [0.4, 0.5) is 11.4 Å². The fourth-order valence-corrected chi connectivity index (χ4v) is 1.84. The van der Waals surface area contributed by atoms with Gasteiger partial charge in [-0.1, -0.05) is 6.92 Å². The Morgan fingerprint density at radius 1 is 1.43 bits per heavy atom. The van der Waals surface area contributed by atoms with Crippen LogP contribution in [0.1, 0.15) is 13.3 Å². The Labute approximate surface area is 122 Å². The maximum Gasteiger partial charge on any atom is 0.275 e. The van der Waals surface area contributed by atoms with Gasteiger partial charge in [0.15, 0.2) is 0 Å². The lowest BCUT2D eigenvalue weighted by molar-refractivity contribution is -0.384. The van der Waals surface area contributed by atoms with Crippen LogP contribution in [0.3, 0.4) is 0 Å². The molecule has 0 unspecified atom stereocenters. The number of non-ortho nitro benzene ring substituents is 1. The van der Waals surface area contributed by atoms with Gasteiger partial charge in [0.2, 0.25) is 0 Å². The molecule has 0 bridgehead atoms. The Bertz CT molecular complexity index is 584. The van der Waals surface area contributed by atoms with E-state index in [1.165, 1.54) is 12.1 Å². The molecule has 1 aromatic heterocycles. The number of hydrogen-bond donors (Lipinski definition) is 1. The van der Waals surface area contributed by atoms with E-state index in [9.17, 15) is 10.1 Å². The summed E-state index contributed by atoms with van der Waals surface area (Å²) in [6, 6.07) is 4.72. The van der Waals surface area contributed by atoms with E-state index in [0.29, 0.717) is 24.6 Å². The molecule has 2 aromatic rings. The first-order valence-corrected chi connectivity index (χ1v) is 6.81. The standard InChI is InChI=1S/C14H18N4O3/c1-2-7-21-14-9-12(8-13(10-14)18(19)20)16-4-6-17-5-3-15-11-17/h3,5,8-11,16H,2,4,6-7H2,1H3. The minimum Gasteiger partial charge on any atom is -0.493 e. The molecule has 0 spiro atoms. The molecular formula is C14H18N4O3. The molecule has 1 aromatic carbocycles. The molecule has 0 atom stereocenters. The van der Waals surface area contributed by atoms with Gasteiger partial charge in [0, 0.05) is 43.3 Å². The summed E-state index contributed by atoms with van der Waals surface area (Å²) < 4.78 is 7.41. The molecule has 2 rings (SSSR count). The average molecular weight is 290 g/mol. The highest BCUT2D eigenvalue weighted by Crippen LogP contribution is 2.26. The Kier molecular flexibility index (Phi) is 5.14. The summed E-state index contributed by atoms with van der Waals surface area (Å²) in [6.07, 6.45) is 6.16. The van der Waals surface area contributed by atoms with Crippen molar-refractivity contribution in [1.29, 1.82) is 0 Å². The average Bonchev–Trinajstić information content (AvgIpc) is 2.98. The third-order valence-electron chi connectivity index (χ3n) is 2.83. The van der Waals surface area contributed by atoms with Crippen LogP contribution >= 0.6 is 0 Å². The summed E-state index contributed by atoms with van der Waals surface area (Å²) in [7, 11) is 0. The summed E-state index contributed by atoms with van der Waals surface area (Å²) in [5.41, 5.74) is 0.698. The predicted octanol–water partition coefficient (Wildman–Crippen LogP) is 2.69. The first-order chi connectivity index (χ1) is 10.2. The van der Waals surface area contributed by atoms with Crippen LogP contribution in [0, 0.1) is 10.1 Å². The maximum absolute atomic E-state index is 10.9. The number of ether oxygens (including phenoxy) is 1. The molecule has 1 heterocycles. The SMILES string of the molecule is CCCOc1cc(NCCn2ccnc2)cc([N+](=O)[O-])c1. The minimum atomic E-state index is -0.417. The molecule has 112 valence electrons. The number of imidazole rings is 1. The number of nitrogens with zero attached hydrogens (tertiary/aromatic N) is 3. The van der Waals surface area contributed by atoms with Crippen LogP contribution in [-0.2, 0) is 6.54 Å². The van der Waals surface area contributed by atoms with Gasteiger partial charge in [-0.25, -0.2) is 4.98 Å². The van der Waals surface area contributed by atoms with Gasteiger partial charge in [-0.15, -0.1) is 0 Å². The van der Waals surface area contributed by atoms with Crippen LogP contribution in [0.2, 0.25) is 0 Å². The Hall–Kier alpha value is -2.57. The van der Waals surface area contributed by atoms with Crippen LogP contribution in [0.5, 0.6) is 5.75 Å². The van der Waals surface area contributed by atoms with Crippen molar-refractivity contribution in [1.82, 2.24) is 9.55 Å². The van der Waals surface area contributed by atoms with Crippen molar-refractivity contribution in [2.24, 2.45) is 0 Å². The molecule has 0 saturated heterocycles. The first kappa shape index (κ1) is 14.8. The fraction of sp³-hybridized carbons (Fsp3) is 0.357. The summed E-state index contributed by atoms with van der Waals surface area (Å²) in [5.74, 6) is 0.510. The molecule has 0 aliphatic rings. The number of rotatable bonds is 8. The molecule has 7 heteroatoms. The number of anilines is 1. The molecule has 0 saturated carbocycles. The van der Waals surface area contributed by atoms with E-state index >= 15 is 0 Å². The number of nitro benzene ring substituents is 1. The molecule has 21 heavy (non-hydrogen) atoms. The zero-order valence-corrected chi connectivity index (χ0v) is 11.9. The highest BCUT2D eigenvalue weighted by molar-refractivity contribution is 5.56. The molecule has 0 fully saturated rings. The van der Waals surface area contributed by atoms with Crippen molar-refractivity contribution in [3.8, 4) is 5.75 Å². The van der Waals surface area contributed by atoms with Crippen molar-refractivity contribution in [2.75, 3.05) is 18.5 Å². The summed E-state index contributed by atoms with van der Waals surface area (Å²) in [5, 5.41) is 14.1. The van der Waals surface area contributed by atoms with Crippen molar-refractivity contribution >= 4 is 11.4 Å². The molecule has 7 nitrogen and oxygen atoms in total. The first-order valence-electron chi connectivity index (χ1n) is 6.81. The van der Waals surface area contributed by atoms with Crippen LogP contribution < -0.4 is 10.1 Å². The molecule has 1 N–H and O–H groups in total. The van der Waals surface area contributed by atoms with E-state index in [0.717, 1.165) is 13.0 Å². The smallest absolute Gasteiger partial charge is 0.275 e. The van der Waals surface area contributed by atoms with Gasteiger partial charge in [-0.2, -0.15) is 0 Å². The van der Waals surface area contributed by atoms with Crippen molar-refractivity contribution in [2.45, 2.75) is 19.9 Å². The lowest BCUT2D eigenvalue weighted by Gasteiger charge is -2.10. The number of benzene rings is 1. The third-order valence-corrected chi connectivity index (χ3v) is 2.83. The van der Waals surface area contributed by atoms with Crippen LogP contribution in [0.25, 0.3) is 0 Å². The quantitative estimate of drug-likeness (QED) is 0.597. The van der Waals surface area contributed by atoms with E-state index in [1.807, 2.05) is 17.7 Å². The van der Waals surface area contributed by atoms with Crippen LogP contribution in [0.15, 0.2) is 36.9 Å². The van der Waals surface area contributed by atoms with E-state index in [4.69, 9.17) is 4.74 Å². The number of nitro groups is 1. The summed E-state index contributed by atoms with van der Waals surface area (Å²) in [6.45, 7) is 3.90. The third kappa shape index (κ3) is 4.48. The van der Waals surface area contributed by atoms with Gasteiger partial charge in [-0.3, -0.25) is 10.1 Å². The Morgan fingerprint density at radius 3 is 2.95 bits per heavy atom. The highest BCUT2D eigenvalue weighted by atomic mass is 16.6. The van der Waals surface area contributed by atoms with E-state index in [2.05, 4.69) is 10.3 Å². The topological polar surface area (TPSA) is 82.2 Å². The maximum atomic E-state index is 10.9. The highest BCUT2D eigenvalue weighted by Gasteiger charge is 2.10. The number of nitrogens with one attached hydrogen (secondary N) is 1. The predicted molar refractivity (Wildman–Crippen MR) is 79.6 cm³/mol. The van der Waals surface area contributed by atoms with Gasteiger partial charge in [0.05, 0.1) is 23.9 Å². The second-order valence-corrected chi connectivity index (χ2v) is 4.55. The normalized spacial score (nSPS) is 10.3. The lowest BCUT2D eigenvalue weighted by atomic mass is 10.2. The Balaban J connectivity index is 2.02. The molecule has 0 amide bonds. The van der Waals surface area contributed by atoms with Gasteiger partial charge >= 0.3 is 0 Å². The number of hydrogen-bond acceptors (Lipinski definition) is 5. The molecule has 0 aliphatic heterocycles. The summed E-state index contributed by atoms with van der Waals surface area (Å²) in [4.78, 5) is 14.5. The van der Waals surface area contributed by atoms with Crippen molar-refractivity contribution in [3.05, 3.63) is 47.0 Å². The van der Waals surface area contributed by atoms with Gasteiger partial charge in [0.1, 0.15) is 5.75 Å². The van der Waals surface area contributed by atoms with E-state index in [-0.39, 0.29) is 5.69 Å². The van der Waals surface area contributed by atoms with Crippen LogP contribution in [-0.4, -0.2) is 27.6 Å². The second kappa shape index (κ2) is 7.28. The largest absolute Gasteiger partial charge is 0.493 e. The zero-order valence-electron chi connectivity index (χ0n) is 11.9. The number of aromatic nitrogens is 2. The monoisotopic (exact) mass is 290 g/mol. The van der Waals surface area contributed by atoms with E-state index < -0.39 is 4.92 Å². The van der Waals surface area contributed by atoms with Gasteiger partial charge in [0.25, 0.3) is 5.69 Å². The van der Waals surface area contributed by atoms with Gasteiger partial charge in [-0.05, 0) is 6.42 Å². The van der Waals surface area contributed by atoms with Crippen molar-refractivity contribution < 1.29 is 9.66 Å².